The topological polar surface area (TPSA) is 61.4 Å². The molecule has 0 radical (unpaired) electrons. The van der Waals surface area contributed by atoms with Crippen molar-refractivity contribution in [1.29, 1.82) is 0 Å². The number of rotatable bonds is 4. The third kappa shape index (κ3) is 3.82. The summed E-state index contributed by atoms with van der Waals surface area (Å²) < 4.78 is 0. The van der Waals surface area contributed by atoms with E-state index in [1.54, 1.807) is 0 Å². The van der Waals surface area contributed by atoms with Gasteiger partial charge in [0.05, 0.1) is 6.61 Å². The molecule has 3 N–H and O–H groups in total. The fraction of sp³-hybridized carbons (Fsp3) is 0.933. The van der Waals surface area contributed by atoms with Crippen molar-refractivity contribution in [3.63, 3.8) is 0 Å². The maximum atomic E-state index is 12.2. The van der Waals surface area contributed by atoms with E-state index in [9.17, 15) is 9.90 Å². The zero-order valence-corrected chi connectivity index (χ0v) is 13.5. The Labute approximate surface area is 126 Å². The van der Waals surface area contributed by atoms with Crippen molar-refractivity contribution in [3.05, 3.63) is 0 Å². The molecule has 4 nitrogen and oxygen atoms in total. The molecule has 20 heavy (non-hydrogen) atoms. The molecule has 5 heteroatoms. The van der Waals surface area contributed by atoms with Gasteiger partial charge in [-0.3, -0.25) is 0 Å². The molecule has 2 saturated carbocycles. The van der Waals surface area contributed by atoms with Gasteiger partial charge in [-0.15, -0.1) is 0 Å². The molecule has 0 aromatic rings. The number of aliphatic hydroxyl groups excluding tert-OH is 1. The second kappa shape index (κ2) is 7.03. The van der Waals surface area contributed by atoms with Gasteiger partial charge in [0.2, 0.25) is 0 Å². The highest BCUT2D eigenvalue weighted by molar-refractivity contribution is 7.99. The van der Waals surface area contributed by atoms with Crippen molar-refractivity contribution < 1.29 is 9.90 Å². The highest BCUT2D eigenvalue weighted by atomic mass is 32.2. The number of nitrogens with one attached hydrogen (secondary N) is 2. The third-order valence-electron chi connectivity index (χ3n) is 5.04. The van der Waals surface area contributed by atoms with Gasteiger partial charge in [0, 0.05) is 22.7 Å². The number of thioether (sulfide) groups is 1. The average Bonchev–Trinajstić information content (AvgIpc) is 2.81. The first-order valence-electron chi connectivity index (χ1n) is 7.78. The molecule has 0 aliphatic heterocycles. The molecular formula is C15H28N2O2S. The van der Waals surface area contributed by atoms with Gasteiger partial charge in [-0.05, 0) is 38.4 Å². The van der Waals surface area contributed by atoms with Crippen molar-refractivity contribution in [3.8, 4) is 0 Å². The normalized spacial score (nSPS) is 37.6. The maximum Gasteiger partial charge on any atom is 0.315 e. The highest BCUT2D eigenvalue weighted by Crippen LogP contribution is 2.37. The van der Waals surface area contributed by atoms with E-state index in [0.717, 1.165) is 32.1 Å². The summed E-state index contributed by atoms with van der Waals surface area (Å²) in [6, 6.07) is 0.360. The molecule has 0 spiro atoms. The summed E-state index contributed by atoms with van der Waals surface area (Å²) in [5, 5.41) is 16.4. The molecule has 4 unspecified atom stereocenters. The van der Waals surface area contributed by atoms with E-state index < -0.39 is 0 Å². The van der Waals surface area contributed by atoms with Crippen LogP contribution in [0.5, 0.6) is 0 Å². The van der Waals surface area contributed by atoms with Gasteiger partial charge in [0.15, 0.2) is 0 Å². The summed E-state index contributed by atoms with van der Waals surface area (Å²) >= 11 is 1.91. The van der Waals surface area contributed by atoms with Crippen LogP contribution in [0.25, 0.3) is 0 Å². The number of hydrogen-bond acceptors (Lipinski definition) is 3. The summed E-state index contributed by atoms with van der Waals surface area (Å²) in [7, 11) is 0. The van der Waals surface area contributed by atoms with E-state index in [-0.39, 0.29) is 24.1 Å². The van der Waals surface area contributed by atoms with Gasteiger partial charge in [-0.2, -0.15) is 11.8 Å². The van der Waals surface area contributed by atoms with Gasteiger partial charge < -0.3 is 15.7 Å². The molecule has 116 valence electrons. The molecule has 0 saturated heterocycles. The second-order valence-corrected chi connectivity index (χ2v) is 7.73. The second-order valence-electron chi connectivity index (χ2n) is 6.60. The number of carbonyl (C=O) groups excluding carboxylic acids is 1. The summed E-state index contributed by atoms with van der Waals surface area (Å²) in [6.45, 7) is 2.21. The van der Waals surface area contributed by atoms with E-state index in [4.69, 9.17) is 0 Å². The van der Waals surface area contributed by atoms with Crippen LogP contribution in [0.4, 0.5) is 4.79 Å². The van der Waals surface area contributed by atoms with Gasteiger partial charge >= 0.3 is 6.03 Å². The molecule has 0 aromatic heterocycles. The first-order chi connectivity index (χ1) is 9.57. The van der Waals surface area contributed by atoms with Crippen LogP contribution in [-0.4, -0.2) is 41.3 Å². The molecule has 4 atom stereocenters. The summed E-state index contributed by atoms with van der Waals surface area (Å²) in [4.78, 5) is 12.2. The van der Waals surface area contributed by atoms with Crippen LogP contribution in [-0.2, 0) is 0 Å². The molecule has 2 amide bonds. The summed E-state index contributed by atoms with van der Waals surface area (Å²) in [6.07, 6.45) is 9.84. The van der Waals surface area contributed by atoms with E-state index in [1.807, 2.05) is 11.8 Å². The lowest BCUT2D eigenvalue weighted by molar-refractivity contribution is 0.120. The van der Waals surface area contributed by atoms with Crippen LogP contribution < -0.4 is 10.6 Å². The Bertz CT molecular complexity index is 340. The average molecular weight is 300 g/mol. The Morgan fingerprint density at radius 1 is 1.30 bits per heavy atom. The number of aliphatic hydroxyl groups is 1. The van der Waals surface area contributed by atoms with Gasteiger partial charge in [-0.1, -0.05) is 19.8 Å². The third-order valence-corrected chi connectivity index (χ3v) is 6.14. The monoisotopic (exact) mass is 300 g/mol. The fourth-order valence-corrected chi connectivity index (χ4v) is 4.37. The standard InChI is InChI=1S/C15H28N2O2S/c1-15(10-18)8-4-7-13(15)17-14(19)16-11-5-3-6-12(9-11)20-2/h11-13,18H,3-10H2,1-2H3,(H2,16,17,19). The lowest BCUT2D eigenvalue weighted by Crippen LogP contribution is -2.51. The minimum absolute atomic E-state index is 0.0525. The molecule has 0 bridgehead atoms. The highest BCUT2D eigenvalue weighted by Gasteiger charge is 2.39. The molecule has 2 fully saturated rings. The Hall–Kier alpha value is -0.420. The molecular weight excluding hydrogens is 272 g/mol. The van der Waals surface area contributed by atoms with Gasteiger partial charge in [-0.25, -0.2) is 4.79 Å². The molecule has 0 aromatic carbocycles. The van der Waals surface area contributed by atoms with Gasteiger partial charge in [0.25, 0.3) is 0 Å². The molecule has 0 heterocycles. The van der Waals surface area contributed by atoms with Crippen molar-refractivity contribution in [1.82, 2.24) is 10.6 Å². The van der Waals surface area contributed by atoms with E-state index in [0.29, 0.717) is 11.3 Å². The maximum absolute atomic E-state index is 12.2. The molecule has 2 rings (SSSR count). The summed E-state index contributed by atoms with van der Waals surface area (Å²) in [5.74, 6) is 0. The largest absolute Gasteiger partial charge is 0.396 e. The van der Waals surface area contributed by atoms with Crippen LogP contribution in [0.2, 0.25) is 0 Å². The summed E-state index contributed by atoms with van der Waals surface area (Å²) in [5.41, 5.74) is -0.147. The van der Waals surface area contributed by atoms with Crippen molar-refractivity contribution in [2.45, 2.75) is 69.2 Å². The van der Waals surface area contributed by atoms with Crippen LogP contribution in [0.15, 0.2) is 0 Å². The molecule has 2 aliphatic rings. The minimum atomic E-state index is -0.147. The van der Waals surface area contributed by atoms with Crippen molar-refractivity contribution >= 4 is 17.8 Å². The Morgan fingerprint density at radius 3 is 2.80 bits per heavy atom. The number of amides is 2. The van der Waals surface area contributed by atoms with Gasteiger partial charge in [0.1, 0.15) is 0 Å². The quantitative estimate of drug-likeness (QED) is 0.747. The predicted molar refractivity (Wildman–Crippen MR) is 84.1 cm³/mol. The van der Waals surface area contributed by atoms with E-state index in [2.05, 4.69) is 23.8 Å². The fourth-order valence-electron chi connectivity index (χ4n) is 3.54. The van der Waals surface area contributed by atoms with Crippen molar-refractivity contribution in [2.75, 3.05) is 12.9 Å². The van der Waals surface area contributed by atoms with E-state index in [1.165, 1.54) is 12.8 Å². The predicted octanol–water partition coefficient (Wildman–Crippen LogP) is 2.51. The lowest BCUT2D eigenvalue weighted by Gasteiger charge is -2.32. The smallest absolute Gasteiger partial charge is 0.315 e. The SMILES string of the molecule is CSC1CCCC(NC(=O)NC2CCCC2(C)CO)C1. The zero-order chi connectivity index (χ0) is 14.6. The number of hydrogen-bond donors (Lipinski definition) is 3. The minimum Gasteiger partial charge on any atom is -0.396 e. The van der Waals surface area contributed by atoms with Crippen LogP contribution >= 0.6 is 11.8 Å². The molecule has 2 aliphatic carbocycles. The Kier molecular flexibility index (Phi) is 5.61. The Balaban J connectivity index is 1.80. The van der Waals surface area contributed by atoms with Crippen LogP contribution in [0.3, 0.4) is 0 Å². The van der Waals surface area contributed by atoms with Crippen LogP contribution in [0.1, 0.15) is 51.9 Å². The van der Waals surface area contributed by atoms with Crippen LogP contribution in [0, 0.1) is 5.41 Å². The lowest BCUT2D eigenvalue weighted by atomic mass is 9.86. The number of urea groups is 1. The number of carbonyl (C=O) groups is 1. The van der Waals surface area contributed by atoms with E-state index >= 15 is 0 Å². The zero-order valence-electron chi connectivity index (χ0n) is 12.7. The first-order valence-corrected chi connectivity index (χ1v) is 9.07. The van der Waals surface area contributed by atoms with Crippen molar-refractivity contribution in [2.24, 2.45) is 5.41 Å². The first kappa shape index (κ1) is 16.0. The Morgan fingerprint density at radius 2 is 2.10 bits per heavy atom.